The number of carbonyl (C=O) groups is 1. The molecule has 0 aliphatic heterocycles. The maximum atomic E-state index is 12.1. The maximum absolute atomic E-state index is 12.1. The van der Waals surface area contributed by atoms with Crippen LogP contribution in [0.1, 0.15) is 32.4 Å². The third-order valence-electron chi connectivity index (χ3n) is 2.43. The second-order valence-electron chi connectivity index (χ2n) is 3.98. The molecule has 0 aliphatic carbocycles. The number of nitrogens with one attached hydrogen (secondary N) is 1. The number of hydrogen-bond donors (Lipinski definition) is 2. The molecule has 0 radical (unpaired) electrons. The van der Waals surface area contributed by atoms with Gasteiger partial charge < -0.3 is 10.4 Å². The van der Waals surface area contributed by atoms with Crippen molar-refractivity contribution in [3.63, 3.8) is 0 Å². The van der Waals surface area contributed by atoms with Crippen molar-refractivity contribution in [2.75, 3.05) is 6.61 Å². The molecule has 0 unspecified atom stereocenters. The molecule has 2 aromatic rings. The van der Waals surface area contributed by atoms with E-state index >= 15 is 0 Å². The second kappa shape index (κ2) is 7.20. The molecule has 0 aliphatic rings. The van der Waals surface area contributed by atoms with E-state index in [9.17, 15) is 4.79 Å². The number of aliphatic hydroxyl groups excluding tert-OH is 1. The molecule has 20 heavy (non-hydrogen) atoms. The lowest BCUT2D eigenvalue weighted by molar-refractivity contribution is 0.0954. The summed E-state index contributed by atoms with van der Waals surface area (Å²) in [6, 6.07) is 1.82. The van der Waals surface area contributed by atoms with Gasteiger partial charge >= 0.3 is 0 Å². The topological polar surface area (TPSA) is 62.2 Å². The number of amides is 1. The molecule has 2 rings (SSSR count). The smallest absolute Gasteiger partial charge is 0.262 e. The van der Waals surface area contributed by atoms with Crippen LogP contribution in [0, 0.1) is 18.8 Å². The number of thiophene rings is 1. The molecule has 2 aromatic heterocycles. The van der Waals surface area contributed by atoms with E-state index in [2.05, 4.69) is 22.1 Å². The summed E-state index contributed by atoms with van der Waals surface area (Å²) in [7, 11) is 0. The van der Waals surface area contributed by atoms with Crippen LogP contribution in [-0.2, 0) is 6.54 Å². The number of thiazole rings is 1. The van der Waals surface area contributed by atoms with Crippen LogP contribution < -0.4 is 5.32 Å². The summed E-state index contributed by atoms with van der Waals surface area (Å²) in [6.07, 6.45) is 0.412. The van der Waals surface area contributed by atoms with Crippen molar-refractivity contribution in [2.45, 2.75) is 19.9 Å². The first-order chi connectivity index (χ1) is 9.70. The Morgan fingerprint density at radius 2 is 2.35 bits per heavy atom. The zero-order valence-electron chi connectivity index (χ0n) is 11.0. The minimum absolute atomic E-state index is 0.0296. The molecule has 2 N–H and O–H groups in total. The Balaban J connectivity index is 1.99. The fourth-order valence-electron chi connectivity index (χ4n) is 1.54. The van der Waals surface area contributed by atoms with Gasteiger partial charge in [0.15, 0.2) is 0 Å². The van der Waals surface area contributed by atoms with Gasteiger partial charge in [0.2, 0.25) is 0 Å². The molecule has 1 amide bonds. The Hall–Kier alpha value is -1.68. The summed E-state index contributed by atoms with van der Waals surface area (Å²) < 4.78 is 0. The van der Waals surface area contributed by atoms with Crippen LogP contribution in [0.4, 0.5) is 0 Å². The highest BCUT2D eigenvalue weighted by Gasteiger charge is 2.12. The molecule has 104 valence electrons. The van der Waals surface area contributed by atoms with E-state index in [1.54, 1.807) is 11.3 Å². The second-order valence-corrected chi connectivity index (χ2v) is 5.96. The van der Waals surface area contributed by atoms with E-state index in [1.165, 1.54) is 11.3 Å². The molecule has 0 atom stereocenters. The van der Waals surface area contributed by atoms with Gasteiger partial charge in [0.25, 0.3) is 5.91 Å². The molecular weight excluding hydrogens is 292 g/mol. The van der Waals surface area contributed by atoms with Crippen molar-refractivity contribution in [3.8, 4) is 11.8 Å². The molecular formula is C14H14N2O2S2. The maximum Gasteiger partial charge on any atom is 0.262 e. The first kappa shape index (κ1) is 14.7. The van der Waals surface area contributed by atoms with Gasteiger partial charge in [-0.15, -0.1) is 22.7 Å². The lowest BCUT2D eigenvalue weighted by atomic mass is 10.2. The van der Waals surface area contributed by atoms with Crippen LogP contribution in [0.2, 0.25) is 0 Å². The Kier molecular flexibility index (Phi) is 5.30. The van der Waals surface area contributed by atoms with Crippen molar-refractivity contribution in [3.05, 3.63) is 38.0 Å². The lowest BCUT2D eigenvalue weighted by Gasteiger charge is -2.01. The highest BCUT2D eigenvalue weighted by molar-refractivity contribution is 7.12. The van der Waals surface area contributed by atoms with E-state index < -0.39 is 0 Å². The average molecular weight is 306 g/mol. The van der Waals surface area contributed by atoms with Crippen LogP contribution in [0.3, 0.4) is 0 Å². The van der Waals surface area contributed by atoms with E-state index in [-0.39, 0.29) is 12.5 Å². The van der Waals surface area contributed by atoms with E-state index in [1.807, 2.05) is 23.8 Å². The van der Waals surface area contributed by atoms with E-state index in [0.29, 0.717) is 23.4 Å². The third-order valence-corrected chi connectivity index (χ3v) is 4.16. The van der Waals surface area contributed by atoms with E-state index in [0.717, 1.165) is 10.7 Å². The number of rotatable bonds is 4. The van der Waals surface area contributed by atoms with Crippen molar-refractivity contribution in [1.82, 2.24) is 10.3 Å². The zero-order chi connectivity index (χ0) is 14.4. The Labute approximate surface area is 125 Å². The van der Waals surface area contributed by atoms with Gasteiger partial charge in [-0.3, -0.25) is 4.79 Å². The lowest BCUT2D eigenvalue weighted by Crippen LogP contribution is -2.22. The highest BCUT2D eigenvalue weighted by atomic mass is 32.1. The highest BCUT2D eigenvalue weighted by Crippen LogP contribution is 2.16. The predicted octanol–water partition coefficient (Wildman–Crippen LogP) is 2.18. The molecule has 0 saturated heterocycles. The van der Waals surface area contributed by atoms with Gasteiger partial charge in [-0.1, -0.05) is 11.8 Å². The van der Waals surface area contributed by atoms with Crippen molar-refractivity contribution in [2.24, 2.45) is 0 Å². The summed E-state index contributed by atoms with van der Waals surface area (Å²) in [5, 5.41) is 16.3. The summed E-state index contributed by atoms with van der Waals surface area (Å²) in [6.45, 7) is 2.39. The molecule has 0 fully saturated rings. The van der Waals surface area contributed by atoms with Gasteiger partial charge in [-0.2, -0.15) is 0 Å². The summed E-state index contributed by atoms with van der Waals surface area (Å²) in [5.74, 6) is 5.59. The Morgan fingerprint density at radius 1 is 1.50 bits per heavy atom. The third kappa shape index (κ3) is 3.90. The van der Waals surface area contributed by atoms with Gasteiger partial charge in [-0.05, 0) is 18.4 Å². The predicted molar refractivity (Wildman–Crippen MR) is 80.9 cm³/mol. The molecule has 2 heterocycles. The van der Waals surface area contributed by atoms with Crippen molar-refractivity contribution >= 4 is 28.6 Å². The monoisotopic (exact) mass is 306 g/mol. The van der Waals surface area contributed by atoms with Gasteiger partial charge in [0.05, 0.1) is 23.9 Å². The first-order valence-electron chi connectivity index (χ1n) is 6.07. The Morgan fingerprint density at radius 3 is 3.05 bits per heavy atom. The number of hydrogen-bond acceptors (Lipinski definition) is 5. The fraction of sp³-hybridized carbons (Fsp3) is 0.286. The number of aryl methyl sites for hydroxylation is 1. The van der Waals surface area contributed by atoms with Crippen LogP contribution in [0.25, 0.3) is 0 Å². The normalized spacial score (nSPS) is 9.90. The van der Waals surface area contributed by atoms with Crippen LogP contribution in [0.15, 0.2) is 16.8 Å². The molecule has 6 heteroatoms. The molecule has 0 aromatic carbocycles. The summed E-state index contributed by atoms with van der Waals surface area (Å²) in [4.78, 5) is 17.0. The Bertz CT molecular complexity index is 649. The zero-order valence-corrected chi connectivity index (χ0v) is 12.6. The summed E-state index contributed by atoms with van der Waals surface area (Å²) in [5.41, 5.74) is 1.57. The largest absolute Gasteiger partial charge is 0.395 e. The van der Waals surface area contributed by atoms with Gasteiger partial charge in [0, 0.05) is 17.4 Å². The molecule has 0 bridgehead atoms. The number of aromatic nitrogens is 1. The first-order valence-corrected chi connectivity index (χ1v) is 7.83. The number of aliphatic hydroxyl groups is 1. The van der Waals surface area contributed by atoms with Crippen molar-refractivity contribution < 1.29 is 9.90 Å². The quantitative estimate of drug-likeness (QED) is 0.851. The van der Waals surface area contributed by atoms with Crippen LogP contribution in [0.5, 0.6) is 0 Å². The molecule has 0 spiro atoms. The standard InChI is InChI=1S/C14H14N2O2S2/c1-10-16-12(9-20-10)8-15-14(18)13-11(5-7-19-13)4-2-3-6-17/h5,7,9,17H,3,6,8H2,1H3,(H,15,18). The minimum Gasteiger partial charge on any atom is -0.395 e. The SMILES string of the molecule is Cc1nc(CNC(=O)c2sccc2C#CCCO)cs1. The molecule has 0 saturated carbocycles. The minimum atomic E-state index is -0.140. The van der Waals surface area contributed by atoms with E-state index in [4.69, 9.17) is 5.11 Å². The molecule has 4 nitrogen and oxygen atoms in total. The number of carbonyl (C=O) groups excluding carboxylic acids is 1. The number of nitrogens with zero attached hydrogens (tertiary/aromatic N) is 1. The van der Waals surface area contributed by atoms with Crippen LogP contribution >= 0.6 is 22.7 Å². The fourth-order valence-corrected chi connectivity index (χ4v) is 2.92. The van der Waals surface area contributed by atoms with Crippen LogP contribution in [-0.4, -0.2) is 22.6 Å². The summed E-state index contributed by atoms with van der Waals surface area (Å²) >= 11 is 2.93. The van der Waals surface area contributed by atoms with Gasteiger partial charge in [-0.25, -0.2) is 4.98 Å². The van der Waals surface area contributed by atoms with Gasteiger partial charge in [0.1, 0.15) is 4.88 Å². The van der Waals surface area contributed by atoms with Crippen molar-refractivity contribution in [1.29, 1.82) is 0 Å². The average Bonchev–Trinajstić information content (AvgIpc) is 3.05.